The minimum atomic E-state index is 0.325. The molecule has 3 nitrogen and oxygen atoms in total. The van der Waals surface area contributed by atoms with Crippen LogP contribution in [0.15, 0.2) is 21.9 Å². The van der Waals surface area contributed by atoms with E-state index in [4.69, 9.17) is 0 Å². The molecule has 0 radical (unpaired) electrons. The largest absolute Gasteiger partial charge is 0.301 e. The Kier molecular flexibility index (Phi) is 6.02. The molecule has 0 fully saturated rings. The van der Waals surface area contributed by atoms with Gasteiger partial charge in [-0.05, 0) is 30.4 Å². The van der Waals surface area contributed by atoms with Gasteiger partial charge in [0.1, 0.15) is 0 Å². The third kappa shape index (κ3) is 4.55. The summed E-state index contributed by atoms with van der Waals surface area (Å²) in [4.78, 5) is 14.2. The fourth-order valence-electron chi connectivity index (χ4n) is 1.34. The lowest BCUT2D eigenvalue weighted by atomic mass is 9.92. The Morgan fingerprint density at radius 2 is 2.15 bits per heavy atom. The van der Waals surface area contributed by atoms with Gasteiger partial charge in [-0.15, -0.1) is 4.91 Å². The van der Waals surface area contributed by atoms with Gasteiger partial charge in [0.05, 0.1) is 5.70 Å². The molecule has 74 valence electrons. The number of allylic oxidation sites excluding steroid dienone is 2. The average molecular weight is 182 g/mol. The van der Waals surface area contributed by atoms with Crippen LogP contribution in [-0.4, -0.2) is 13.3 Å². The molecule has 0 aliphatic rings. The van der Waals surface area contributed by atoms with Gasteiger partial charge in [0.2, 0.25) is 0 Å². The van der Waals surface area contributed by atoms with E-state index in [1.165, 1.54) is 0 Å². The number of rotatable bonds is 5. The zero-order valence-electron chi connectivity index (χ0n) is 8.82. The number of hydrogen-bond acceptors (Lipinski definition) is 3. The van der Waals surface area contributed by atoms with Crippen LogP contribution < -0.4 is 0 Å². The van der Waals surface area contributed by atoms with Gasteiger partial charge in [0.25, 0.3) is 0 Å². The monoisotopic (exact) mass is 182 g/mol. The molecule has 0 aromatic rings. The molecule has 0 bridgehead atoms. The molecule has 0 rings (SSSR count). The van der Waals surface area contributed by atoms with Gasteiger partial charge in [-0.25, -0.2) is 0 Å². The first-order valence-corrected chi connectivity index (χ1v) is 4.59. The molecule has 0 amide bonds. The molecular weight excluding hydrogens is 164 g/mol. The molecule has 0 N–H and O–H groups in total. The summed E-state index contributed by atoms with van der Waals surface area (Å²) in [6.45, 7) is 5.91. The van der Waals surface area contributed by atoms with E-state index in [9.17, 15) is 4.91 Å². The van der Waals surface area contributed by atoms with Gasteiger partial charge >= 0.3 is 0 Å². The van der Waals surface area contributed by atoms with Crippen LogP contribution in [0.25, 0.3) is 0 Å². The summed E-state index contributed by atoms with van der Waals surface area (Å²) >= 11 is 0. The summed E-state index contributed by atoms with van der Waals surface area (Å²) in [5, 5.41) is 2.87. The second kappa shape index (κ2) is 6.52. The highest BCUT2D eigenvalue weighted by molar-refractivity contribution is 5.61. The zero-order valence-corrected chi connectivity index (χ0v) is 8.82. The van der Waals surface area contributed by atoms with E-state index >= 15 is 0 Å². The average Bonchev–Trinajstić information content (AvgIpc) is 2.13. The highest BCUT2D eigenvalue weighted by atomic mass is 16.3. The van der Waals surface area contributed by atoms with E-state index in [1.807, 2.05) is 12.3 Å². The summed E-state index contributed by atoms with van der Waals surface area (Å²) in [5.41, 5.74) is 0.551. The molecule has 2 unspecified atom stereocenters. The predicted molar refractivity (Wildman–Crippen MR) is 56.9 cm³/mol. The first-order valence-electron chi connectivity index (χ1n) is 4.59. The Balaban J connectivity index is 4.36. The maximum Gasteiger partial charge on any atom is 0.0781 e. The lowest BCUT2D eigenvalue weighted by molar-refractivity contribution is 0.533. The van der Waals surface area contributed by atoms with E-state index in [2.05, 4.69) is 24.0 Å². The lowest BCUT2D eigenvalue weighted by Gasteiger charge is -2.14. The van der Waals surface area contributed by atoms with Crippen LogP contribution >= 0.6 is 0 Å². The van der Waals surface area contributed by atoms with Crippen LogP contribution in [0.5, 0.6) is 0 Å². The number of aliphatic imine (C=N–C) groups is 1. The third-order valence-electron chi connectivity index (χ3n) is 2.14. The van der Waals surface area contributed by atoms with Crippen LogP contribution in [0.1, 0.15) is 27.2 Å². The summed E-state index contributed by atoms with van der Waals surface area (Å²) in [6.07, 6.45) is 4.85. The molecule has 0 saturated heterocycles. The molecule has 0 aromatic carbocycles. The maximum atomic E-state index is 10.2. The summed E-state index contributed by atoms with van der Waals surface area (Å²) in [5.74, 6) is 0.730. The van der Waals surface area contributed by atoms with Crippen molar-refractivity contribution in [2.45, 2.75) is 27.2 Å². The minimum absolute atomic E-state index is 0.325. The highest BCUT2D eigenvalue weighted by Gasteiger charge is 2.10. The molecule has 2 atom stereocenters. The molecule has 0 aliphatic heterocycles. The molecule has 0 aromatic heterocycles. The fraction of sp³-hybridized carbons (Fsp3) is 0.700. The number of nitroso groups, excluding NO2 is 1. The van der Waals surface area contributed by atoms with Crippen molar-refractivity contribution < 1.29 is 0 Å². The molecule has 3 heteroatoms. The van der Waals surface area contributed by atoms with Crippen molar-refractivity contribution in [2.75, 3.05) is 7.05 Å². The van der Waals surface area contributed by atoms with Gasteiger partial charge in [-0.3, -0.25) is 0 Å². The van der Waals surface area contributed by atoms with Crippen molar-refractivity contribution in [3.63, 3.8) is 0 Å². The molecule has 13 heavy (non-hydrogen) atoms. The van der Waals surface area contributed by atoms with E-state index in [-0.39, 0.29) is 0 Å². The standard InChI is InChI=1S/C10H18N2O/c1-5-10(7-11-4)8(2)6-9(3)12-13/h6-8,10H,5H2,1-4H3/b9-6+,11-7+. The topological polar surface area (TPSA) is 41.8 Å². The zero-order chi connectivity index (χ0) is 10.3. The Bertz CT molecular complexity index is 209. The van der Waals surface area contributed by atoms with Gasteiger partial charge in [0, 0.05) is 13.3 Å². The quantitative estimate of drug-likeness (QED) is 0.476. The third-order valence-corrected chi connectivity index (χ3v) is 2.14. The molecule has 0 aliphatic carbocycles. The first kappa shape index (κ1) is 12.0. The fourth-order valence-corrected chi connectivity index (χ4v) is 1.34. The number of hydrogen-bond donors (Lipinski definition) is 0. The first-order chi connectivity index (χ1) is 6.15. The Hall–Kier alpha value is -0.990. The van der Waals surface area contributed by atoms with Crippen molar-refractivity contribution in [3.8, 4) is 0 Å². The normalized spacial score (nSPS) is 17.4. The minimum Gasteiger partial charge on any atom is -0.301 e. The Labute approximate surface area is 79.9 Å². The summed E-state index contributed by atoms with van der Waals surface area (Å²) in [6, 6.07) is 0. The summed E-state index contributed by atoms with van der Waals surface area (Å²) in [7, 11) is 1.77. The van der Waals surface area contributed by atoms with Crippen LogP contribution in [0.3, 0.4) is 0 Å². The number of nitrogens with zero attached hydrogens (tertiary/aromatic N) is 2. The Morgan fingerprint density at radius 1 is 1.54 bits per heavy atom. The smallest absolute Gasteiger partial charge is 0.0781 e. The van der Waals surface area contributed by atoms with Crippen LogP contribution in [0.4, 0.5) is 0 Å². The maximum absolute atomic E-state index is 10.2. The van der Waals surface area contributed by atoms with Gasteiger partial charge < -0.3 is 4.99 Å². The molecule has 0 saturated carbocycles. The van der Waals surface area contributed by atoms with Crippen molar-refractivity contribution >= 4 is 6.21 Å². The second-order valence-electron chi connectivity index (χ2n) is 3.24. The highest BCUT2D eigenvalue weighted by Crippen LogP contribution is 2.16. The van der Waals surface area contributed by atoms with Crippen LogP contribution in [0, 0.1) is 16.7 Å². The SMILES string of the molecule is CCC(/C=N/C)C(C)/C=C(\C)N=O. The molecule has 0 heterocycles. The van der Waals surface area contributed by atoms with E-state index in [1.54, 1.807) is 14.0 Å². The van der Waals surface area contributed by atoms with Crippen molar-refractivity contribution in [2.24, 2.45) is 22.0 Å². The van der Waals surface area contributed by atoms with E-state index < -0.39 is 0 Å². The van der Waals surface area contributed by atoms with E-state index in [0.29, 0.717) is 17.5 Å². The summed E-state index contributed by atoms with van der Waals surface area (Å²) < 4.78 is 0. The molecule has 0 spiro atoms. The van der Waals surface area contributed by atoms with Crippen molar-refractivity contribution in [3.05, 3.63) is 16.7 Å². The predicted octanol–water partition coefficient (Wildman–Crippen LogP) is 3.02. The van der Waals surface area contributed by atoms with E-state index in [0.717, 1.165) is 6.42 Å². The lowest BCUT2D eigenvalue weighted by Crippen LogP contribution is -2.10. The van der Waals surface area contributed by atoms with Crippen molar-refractivity contribution in [1.82, 2.24) is 0 Å². The van der Waals surface area contributed by atoms with Gasteiger partial charge in [-0.2, -0.15) is 0 Å². The van der Waals surface area contributed by atoms with Crippen molar-refractivity contribution in [1.29, 1.82) is 0 Å². The van der Waals surface area contributed by atoms with Crippen LogP contribution in [-0.2, 0) is 0 Å². The van der Waals surface area contributed by atoms with Gasteiger partial charge in [0.15, 0.2) is 0 Å². The van der Waals surface area contributed by atoms with Crippen LogP contribution in [0.2, 0.25) is 0 Å². The second-order valence-corrected chi connectivity index (χ2v) is 3.24. The Morgan fingerprint density at radius 3 is 2.54 bits per heavy atom. The molecular formula is C10H18N2O. The van der Waals surface area contributed by atoms with Gasteiger partial charge in [-0.1, -0.05) is 19.9 Å².